The molecule has 206 valence electrons. The van der Waals surface area contributed by atoms with Crippen molar-refractivity contribution in [3.8, 4) is 0 Å². The van der Waals surface area contributed by atoms with Crippen LogP contribution in [0.15, 0.2) is 48.5 Å². The van der Waals surface area contributed by atoms with Crippen molar-refractivity contribution in [1.29, 1.82) is 0 Å². The Morgan fingerprint density at radius 1 is 0.378 bits per heavy atom. The third-order valence-electron chi connectivity index (χ3n) is 7.69. The van der Waals surface area contributed by atoms with Gasteiger partial charge < -0.3 is 14.8 Å². The number of ether oxygens (including phenoxy) is 2. The van der Waals surface area contributed by atoms with Gasteiger partial charge in [0.05, 0.1) is 13.2 Å². The Balaban J connectivity index is 1.36. The summed E-state index contributed by atoms with van der Waals surface area (Å²) >= 11 is 0. The van der Waals surface area contributed by atoms with E-state index >= 15 is 0 Å². The molecule has 0 atom stereocenters. The summed E-state index contributed by atoms with van der Waals surface area (Å²) < 4.78 is 11.8. The van der Waals surface area contributed by atoms with E-state index in [9.17, 15) is 0 Å². The summed E-state index contributed by atoms with van der Waals surface area (Å²) in [5.41, 5.74) is 5.42. The summed E-state index contributed by atoms with van der Waals surface area (Å²) in [4.78, 5) is 0. The van der Waals surface area contributed by atoms with E-state index in [0.717, 1.165) is 45.9 Å². The van der Waals surface area contributed by atoms with Crippen LogP contribution in [0.2, 0.25) is 0 Å². The van der Waals surface area contributed by atoms with Crippen molar-refractivity contribution in [2.24, 2.45) is 0 Å². The van der Waals surface area contributed by atoms with Crippen molar-refractivity contribution in [1.82, 2.24) is 0 Å². The second-order valence-corrected chi connectivity index (χ2v) is 11.0. The third-order valence-corrected chi connectivity index (χ3v) is 7.69. The van der Waals surface area contributed by atoms with Crippen LogP contribution in [0.3, 0.4) is 0 Å². The molecule has 0 radical (unpaired) electrons. The minimum absolute atomic E-state index is 0.737. The largest absolute Gasteiger partial charge is 0.381 e. The highest BCUT2D eigenvalue weighted by Crippen LogP contribution is 2.14. The molecule has 2 N–H and O–H groups in total. The van der Waals surface area contributed by atoms with E-state index < -0.39 is 0 Å². The molecule has 0 spiro atoms. The lowest BCUT2D eigenvalue weighted by atomic mass is 10.0. The predicted octanol–water partition coefficient (Wildman–Crippen LogP) is 7.89. The standard InChI is InChI=1S/C34H53NO2/c1-2-4-6-8-10-12-14-25-36-27-24-31-16-18-32(19-17-31)28-35-29-33-20-22-34(23-21-33)30-37-26-15-13-11-9-7-5-3-1/h16-23,35H,1-15,24-30H2/p+1. The van der Waals surface area contributed by atoms with Crippen LogP contribution in [-0.2, 0) is 35.6 Å². The van der Waals surface area contributed by atoms with Crippen LogP contribution in [-0.4, -0.2) is 19.8 Å². The monoisotopic (exact) mass is 508 g/mol. The highest BCUT2D eigenvalue weighted by atomic mass is 16.5. The zero-order valence-corrected chi connectivity index (χ0v) is 23.6. The van der Waals surface area contributed by atoms with Crippen LogP contribution >= 0.6 is 0 Å². The van der Waals surface area contributed by atoms with Gasteiger partial charge in [-0.3, -0.25) is 0 Å². The van der Waals surface area contributed by atoms with Crippen LogP contribution in [0.25, 0.3) is 0 Å². The maximum Gasteiger partial charge on any atom is 0.101 e. The van der Waals surface area contributed by atoms with E-state index in [1.54, 1.807) is 0 Å². The minimum Gasteiger partial charge on any atom is -0.381 e. The lowest BCUT2D eigenvalue weighted by Crippen LogP contribution is -2.80. The van der Waals surface area contributed by atoms with Gasteiger partial charge in [0, 0.05) is 24.3 Å². The molecule has 3 aliphatic heterocycles. The van der Waals surface area contributed by atoms with Gasteiger partial charge in [-0.15, -0.1) is 0 Å². The molecule has 2 aromatic carbocycles. The summed E-state index contributed by atoms with van der Waals surface area (Å²) in [6.07, 6.45) is 21.6. The van der Waals surface area contributed by atoms with Crippen LogP contribution in [0.1, 0.15) is 119 Å². The second kappa shape index (κ2) is 20.3. The van der Waals surface area contributed by atoms with Crippen molar-refractivity contribution in [2.45, 2.75) is 122 Å². The quantitative estimate of drug-likeness (QED) is 0.393. The normalized spacial score (nSPS) is 19.9. The highest BCUT2D eigenvalue weighted by molar-refractivity contribution is 5.23. The second-order valence-electron chi connectivity index (χ2n) is 11.0. The first kappa shape index (κ1) is 29.9. The third kappa shape index (κ3) is 14.7. The van der Waals surface area contributed by atoms with Crippen molar-refractivity contribution >= 4 is 0 Å². The average Bonchev–Trinajstić information content (AvgIpc) is 2.92. The molecule has 0 saturated heterocycles. The number of nitrogens with two attached hydrogens (primary N) is 1. The Morgan fingerprint density at radius 2 is 0.757 bits per heavy atom. The number of quaternary nitrogens is 1. The van der Waals surface area contributed by atoms with Gasteiger partial charge in [0.2, 0.25) is 0 Å². The lowest BCUT2D eigenvalue weighted by Gasteiger charge is -2.07. The zero-order valence-electron chi connectivity index (χ0n) is 23.6. The summed E-state index contributed by atoms with van der Waals surface area (Å²) in [6.45, 7) is 5.41. The topological polar surface area (TPSA) is 35.1 Å². The molecule has 0 aliphatic carbocycles. The summed E-state index contributed by atoms with van der Waals surface area (Å²) in [5, 5.41) is 2.38. The number of rotatable bonds is 0. The Hall–Kier alpha value is -1.68. The maximum absolute atomic E-state index is 5.93. The molecule has 4 bridgehead atoms. The number of benzene rings is 2. The molecule has 0 saturated carbocycles. The molecule has 3 heteroatoms. The molecule has 37 heavy (non-hydrogen) atoms. The average molecular weight is 509 g/mol. The Bertz CT molecular complexity index is 719. The van der Waals surface area contributed by atoms with Gasteiger partial charge in [-0.05, 0) is 30.4 Å². The molecule has 5 rings (SSSR count). The Morgan fingerprint density at radius 3 is 1.24 bits per heavy atom. The van der Waals surface area contributed by atoms with Gasteiger partial charge in [0.25, 0.3) is 0 Å². The molecule has 3 nitrogen and oxygen atoms in total. The van der Waals surface area contributed by atoms with E-state index in [4.69, 9.17) is 9.47 Å². The first-order valence-electron chi connectivity index (χ1n) is 15.5. The molecule has 2 aromatic rings. The Kier molecular flexibility index (Phi) is 16.4. The van der Waals surface area contributed by atoms with Crippen molar-refractivity contribution < 1.29 is 14.8 Å². The summed E-state index contributed by atoms with van der Waals surface area (Å²) in [6, 6.07) is 18.0. The van der Waals surface area contributed by atoms with Crippen LogP contribution < -0.4 is 5.32 Å². The smallest absolute Gasteiger partial charge is 0.101 e. The zero-order chi connectivity index (χ0) is 25.6. The van der Waals surface area contributed by atoms with E-state index in [-0.39, 0.29) is 0 Å². The lowest BCUT2D eigenvalue weighted by molar-refractivity contribution is -0.686. The van der Waals surface area contributed by atoms with Crippen molar-refractivity contribution in [3.63, 3.8) is 0 Å². The number of fused-ring (bicyclic) bond motifs is 2. The molecule has 3 aliphatic rings. The molecule has 0 aromatic heterocycles. The first-order valence-corrected chi connectivity index (χ1v) is 15.5. The van der Waals surface area contributed by atoms with E-state index in [1.165, 1.54) is 119 Å². The van der Waals surface area contributed by atoms with Gasteiger partial charge in [0.15, 0.2) is 0 Å². The van der Waals surface area contributed by atoms with Crippen LogP contribution in [0.4, 0.5) is 0 Å². The van der Waals surface area contributed by atoms with Gasteiger partial charge in [-0.2, -0.15) is 0 Å². The highest BCUT2D eigenvalue weighted by Gasteiger charge is 2.02. The van der Waals surface area contributed by atoms with E-state index in [2.05, 4.69) is 53.8 Å². The fourth-order valence-corrected chi connectivity index (χ4v) is 5.21. The predicted molar refractivity (Wildman–Crippen MR) is 156 cm³/mol. The molecular formula is C34H54NO2+. The van der Waals surface area contributed by atoms with Gasteiger partial charge in [-0.1, -0.05) is 132 Å². The first-order chi connectivity index (χ1) is 18.4. The van der Waals surface area contributed by atoms with Crippen molar-refractivity contribution in [3.05, 3.63) is 70.8 Å². The summed E-state index contributed by atoms with van der Waals surface area (Å²) in [7, 11) is 0. The molecular weight excluding hydrogens is 454 g/mol. The SMILES string of the molecule is c1cc2ccc1CCOCCCCCCCCCCCCCCCCCOCc1ccc(cc1)C[NH2+]C2. The maximum atomic E-state index is 5.93. The van der Waals surface area contributed by atoms with Gasteiger partial charge in [0.1, 0.15) is 13.1 Å². The van der Waals surface area contributed by atoms with Crippen LogP contribution in [0, 0.1) is 0 Å². The minimum atomic E-state index is 0.737. The summed E-state index contributed by atoms with van der Waals surface area (Å²) in [5.74, 6) is 0. The molecule has 0 fully saturated rings. The fraction of sp³-hybridized carbons (Fsp3) is 0.647. The fourth-order valence-electron chi connectivity index (χ4n) is 5.21. The molecule has 0 unspecified atom stereocenters. The molecule has 3 heterocycles. The number of hydrogen-bond acceptors (Lipinski definition) is 2. The van der Waals surface area contributed by atoms with E-state index in [0.29, 0.717) is 0 Å². The van der Waals surface area contributed by atoms with Gasteiger partial charge in [-0.25, -0.2) is 0 Å². The van der Waals surface area contributed by atoms with Gasteiger partial charge >= 0.3 is 0 Å². The van der Waals surface area contributed by atoms with Crippen molar-refractivity contribution in [2.75, 3.05) is 19.8 Å². The number of hydrogen-bond donors (Lipinski definition) is 1. The Labute approximate surface area is 227 Å². The molecule has 0 amide bonds. The van der Waals surface area contributed by atoms with Crippen LogP contribution in [0.5, 0.6) is 0 Å². The van der Waals surface area contributed by atoms with E-state index in [1.807, 2.05) is 0 Å².